The molecule has 1 unspecified atom stereocenters. The molecule has 122 valence electrons. The summed E-state index contributed by atoms with van der Waals surface area (Å²) in [5, 5.41) is 14.4. The van der Waals surface area contributed by atoms with Crippen LogP contribution in [0.25, 0.3) is 17.0 Å². The number of carbonyl (C=O) groups excluding carboxylic acids is 1. The summed E-state index contributed by atoms with van der Waals surface area (Å²) in [6.07, 6.45) is 3.05. The molecule has 1 atom stereocenters. The summed E-state index contributed by atoms with van der Waals surface area (Å²) in [5.41, 5.74) is 0.523. The Kier molecular flexibility index (Phi) is 5.39. The average Bonchev–Trinajstić information content (AvgIpc) is 2.50. The molecule has 1 amide bonds. The van der Waals surface area contributed by atoms with Crippen molar-refractivity contribution in [1.29, 1.82) is 0 Å². The second-order valence-electron chi connectivity index (χ2n) is 6.14. The van der Waals surface area contributed by atoms with E-state index in [-0.39, 0.29) is 18.4 Å². The molecular weight excluding hydrogens is 312 g/mol. The summed E-state index contributed by atoms with van der Waals surface area (Å²) >= 11 is 5.96. The molecule has 4 nitrogen and oxygen atoms in total. The summed E-state index contributed by atoms with van der Waals surface area (Å²) in [6, 6.07) is 9.27. The van der Waals surface area contributed by atoms with Crippen molar-refractivity contribution in [2.24, 2.45) is 5.92 Å². The smallest absolute Gasteiger partial charge is 0.244 e. The lowest BCUT2D eigenvalue weighted by Crippen LogP contribution is -2.43. The van der Waals surface area contributed by atoms with Crippen LogP contribution < -0.4 is 5.32 Å². The first-order valence-electron chi connectivity index (χ1n) is 7.52. The topological polar surface area (TPSA) is 62.2 Å². The number of pyridine rings is 1. The van der Waals surface area contributed by atoms with Crippen molar-refractivity contribution >= 4 is 34.5 Å². The fourth-order valence-corrected chi connectivity index (χ4v) is 2.06. The second-order valence-corrected chi connectivity index (χ2v) is 6.57. The standard InChI is InChI=1S/C18H21ClN2O2/c1-12(2)18(3,23)11-20-17(22)9-8-15-7-5-13-4-6-14(19)10-16(13)21-15/h4-10,12,23H,11H2,1-3H3,(H,20,22). The van der Waals surface area contributed by atoms with Crippen LogP contribution in [-0.2, 0) is 4.79 Å². The minimum absolute atomic E-state index is 0.0543. The molecule has 23 heavy (non-hydrogen) atoms. The van der Waals surface area contributed by atoms with Crippen molar-refractivity contribution in [3.63, 3.8) is 0 Å². The Balaban J connectivity index is 2.03. The lowest BCUT2D eigenvalue weighted by Gasteiger charge is -2.27. The maximum absolute atomic E-state index is 11.8. The molecule has 0 aliphatic heterocycles. The SMILES string of the molecule is CC(C)C(C)(O)CNC(=O)C=Cc1ccc2ccc(Cl)cc2n1. The van der Waals surface area contributed by atoms with E-state index in [2.05, 4.69) is 10.3 Å². The molecule has 0 fully saturated rings. The number of aliphatic hydroxyl groups is 1. The molecule has 0 radical (unpaired) electrons. The molecule has 1 heterocycles. The number of nitrogens with one attached hydrogen (secondary N) is 1. The molecule has 0 spiro atoms. The van der Waals surface area contributed by atoms with E-state index in [0.29, 0.717) is 10.7 Å². The van der Waals surface area contributed by atoms with Crippen LogP contribution in [0.4, 0.5) is 0 Å². The quantitative estimate of drug-likeness (QED) is 0.825. The Labute approximate surface area is 141 Å². The van der Waals surface area contributed by atoms with Crippen LogP contribution in [0.15, 0.2) is 36.4 Å². The van der Waals surface area contributed by atoms with Crippen molar-refractivity contribution in [1.82, 2.24) is 10.3 Å². The van der Waals surface area contributed by atoms with Gasteiger partial charge in [0, 0.05) is 23.0 Å². The Morgan fingerprint density at radius 1 is 1.39 bits per heavy atom. The largest absolute Gasteiger partial charge is 0.388 e. The van der Waals surface area contributed by atoms with Crippen LogP contribution in [-0.4, -0.2) is 28.1 Å². The van der Waals surface area contributed by atoms with E-state index in [1.54, 1.807) is 19.1 Å². The number of aromatic nitrogens is 1. The molecule has 0 saturated heterocycles. The number of hydrogen-bond donors (Lipinski definition) is 2. The third-order valence-electron chi connectivity index (χ3n) is 3.95. The number of halogens is 1. The number of rotatable bonds is 5. The van der Waals surface area contributed by atoms with Crippen LogP contribution >= 0.6 is 11.6 Å². The van der Waals surface area contributed by atoms with Crippen molar-refractivity contribution in [2.45, 2.75) is 26.4 Å². The van der Waals surface area contributed by atoms with Crippen LogP contribution in [0.5, 0.6) is 0 Å². The Morgan fingerprint density at radius 2 is 2.09 bits per heavy atom. The fourth-order valence-electron chi connectivity index (χ4n) is 1.89. The molecule has 5 heteroatoms. The van der Waals surface area contributed by atoms with Crippen LogP contribution in [0.1, 0.15) is 26.5 Å². The zero-order chi connectivity index (χ0) is 17.0. The van der Waals surface area contributed by atoms with Gasteiger partial charge in [0.2, 0.25) is 5.91 Å². The highest BCUT2D eigenvalue weighted by Gasteiger charge is 2.24. The normalized spacial score (nSPS) is 14.3. The molecule has 1 aromatic carbocycles. The van der Waals surface area contributed by atoms with E-state index in [1.165, 1.54) is 6.08 Å². The van der Waals surface area contributed by atoms with Crippen LogP contribution in [0.3, 0.4) is 0 Å². The van der Waals surface area contributed by atoms with Crippen molar-refractivity contribution < 1.29 is 9.90 Å². The van der Waals surface area contributed by atoms with Crippen molar-refractivity contribution in [3.8, 4) is 0 Å². The number of carbonyl (C=O) groups is 1. The van der Waals surface area contributed by atoms with Crippen LogP contribution in [0, 0.1) is 5.92 Å². The van der Waals surface area contributed by atoms with Gasteiger partial charge in [0.25, 0.3) is 0 Å². The van der Waals surface area contributed by atoms with E-state index >= 15 is 0 Å². The minimum atomic E-state index is -0.929. The highest BCUT2D eigenvalue weighted by molar-refractivity contribution is 6.31. The number of fused-ring (bicyclic) bond motifs is 1. The highest BCUT2D eigenvalue weighted by atomic mass is 35.5. The monoisotopic (exact) mass is 332 g/mol. The van der Waals surface area contributed by atoms with E-state index in [4.69, 9.17) is 11.6 Å². The molecule has 0 aliphatic rings. The third kappa shape index (κ3) is 4.78. The Bertz CT molecular complexity index is 739. The van der Waals surface area contributed by atoms with E-state index in [9.17, 15) is 9.90 Å². The summed E-state index contributed by atoms with van der Waals surface area (Å²) in [6.45, 7) is 5.73. The van der Waals surface area contributed by atoms with Crippen LogP contribution in [0.2, 0.25) is 5.02 Å². The van der Waals surface area contributed by atoms with Gasteiger partial charge in [0.05, 0.1) is 16.8 Å². The fraction of sp³-hybridized carbons (Fsp3) is 0.333. The maximum Gasteiger partial charge on any atom is 0.244 e. The van der Waals surface area contributed by atoms with Gasteiger partial charge in [-0.15, -0.1) is 0 Å². The van der Waals surface area contributed by atoms with Crippen molar-refractivity contribution in [2.75, 3.05) is 6.54 Å². The number of amides is 1. The van der Waals surface area contributed by atoms with Gasteiger partial charge in [-0.2, -0.15) is 0 Å². The van der Waals surface area contributed by atoms with Gasteiger partial charge in [0.15, 0.2) is 0 Å². The van der Waals surface area contributed by atoms with E-state index < -0.39 is 5.60 Å². The first-order valence-corrected chi connectivity index (χ1v) is 7.90. The second kappa shape index (κ2) is 7.11. The summed E-state index contributed by atoms with van der Waals surface area (Å²) < 4.78 is 0. The zero-order valence-electron chi connectivity index (χ0n) is 13.5. The lowest BCUT2D eigenvalue weighted by atomic mass is 9.92. The van der Waals surface area contributed by atoms with Gasteiger partial charge in [-0.05, 0) is 37.1 Å². The zero-order valence-corrected chi connectivity index (χ0v) is 14.3. The minimum Gasteiger partial charge on any atom is -0.388 e. The molecule has 0 bridgehead atoms. The molecule has 1 aromatic heterocycles. The molecule has 0 aliphatic carbocycles. The molecule has 2 rings (SSSR count). The number of nitrogens with zero attached hydrogens (tertiary/aromatic N) is 1. The van der Waals surface area contributed by atoms with E-state index in [1.807, 2.05) is 38.1 Å². The predicted molar refractivity (Wildman–Crippen MR) is 94.3 cm³/mol. The van der Waals surface area contributed by atoms with Gasteiger partial charge in [-0.1, -0.05) is 37.6 Å². The van der Waals surface area contributed by atoms with Gasteiger partial charge >= 0.3 is 0 Å². The number of hydrogen-bond acceptors (Lipinski definition) is 3. The highest BCUT2D eigenvalue weighted by Crippen LogP contribution is 2.18. The van der Waals surface area contributed by atoms with E-state index in [0.717, 1.165) is 10.9 Å². The molecule has 2 N–H and O–H groups in total. The third-order valence-corrected chi connectivity index (χ3v) is 4.18. The summed E-state index contributed by atoms with van der Waals surface area (Å²) in [7, 11) is 0. The number of benzene rings is 1. The summed E-state index contributed by atoms with van der Waals surface area (Å²) in [5.74, 6) is -0.211. The van der Waals surface area contributed by atoms with Gasteiger partial charge < -0.3 is 10.4 Å². The van der Waals surface area contributed by atoms with Gasteiger partial charge in [0.1, 0.15) is 0 Å². The Hall–Kier alpha value is -1.91. The van der Waals surface area contributed by atoms with Gasteiger partial charge in [-0.25, -0.2) is 4.98 Å². The lowest BCUT2D eigenvalue weighted by molar-refractivity contribution is -0.118. The maximum atomic E-state index is 11.8. The first kappa shape index (κ1) is 17.4. The molecule has 0 saturated carbocycles. The van der Waals surface area contributed by atoms with Crippen molar-refractivity contribution in [3.05, 3.63) is 47.1 Å². The average molecular weight is 333 g/mol. The Morgan fingerprint density at radius 3 is 2.78 bits per heavy atom. The molecule has 2 aromatic rings. The van der Waals surface area contributed by atoms with Gasteiger partial charge in [-0.3, -0.25) is 4.79 Å². The summed E-state index contributed by atoms with van der Waals surface area (Å²) in [4.78, 5) is 16.3. The first-order chi connectivity index (χ1) is 10.8. The predicted octanol–water partition coefficient (Wildman–Crippen LogP) is 3.42. The molecular formula is C18H21ClN2O2.